The molecular formula is C12H24. The average molecular weight is 168 g/mol. The smallest absolute Gasteiger partial charge is 0.0386 e. The van der Waals surface area contributed by atoms with Crippen molar-refractivity contribution in [3.05, 3.63) is 0 Å². The Hall–Kier alpha value is 0. The molecule has 1 rings (SSSR count). The monoisotopic (exact) mass is 168 g/mol. The largest absolute Gasteiger partial charge is 0.0654 e. The third kappa shape index (κ3) is 3.16. The van der Waals surface area contributed by atoms with Gasteiger partial charge >= 0.3 is 0 Å². The van der Waals surface area contributed by atoms with E-state index in [1.807, 2.05) is 0 Å². The van der Waals surface area contributed by atoms with Crippen molar-refractivity contribution in [2.75, 3.05) is 0 Å². The van der Waals surface area contributed by atoms with Crippen molar-refractivity contribution < 1.29 is 0 Å². The summed E-state index contributed by atoms with van der Waals surface area (Å²) in [4.78, 5) is 0. The van der Waals surface area contributed by atoms with Crippen LogP contribution < -0.4 is 0 Å². The molecule has 0 bridgehead atoms. The molecule has 0 N–H and O–H groups in total. The Labute approximate surface area is 77.7 Å². The normalized spacial score (nSPS) is 22.2. The SMILES string of the molecule is CCCC(C)CC(CC)C1CC1. The molecule has 1 fully saturated rings. The van der Waals surface area contributed by atoms with Crippen molar-refractivity contribution in [2.24, 2.45) is 17.8 Å². The van der Waals surface area contributed by atoms with Gasteiger partial charge in [-0.3, -0.25) is 0 Å². The Morgan fingerprint density at radius 3 is 2.33 bits per heavy atom. The van der Waals surface area contributed by atoms with Gasteiger partial charge in [0, 0.05) is 0 Å². The zero-order valence-electron chi connectivity index (χ0n) is 8.97. The summed E-state index contributed by atoms with van der Waals surface area (Å²) in [6.45, 7) is 7.09. The first-order valence-electron chi connectivity index (χ1n) is 5.77. The lowest BCUT2D eigenvalue weighted by atomic mass is 9.88. The Bertz CT molecular complexity index is 113. The van der Waals surface area contributed by atoms with Gasteiger partial charge in [-0.1, -0.05) is 40.0 Å². The highest BCUT2D eigenvalue weighted by Crippen LogP contribution is 2.41. The molecule has 72 valence electrons. The van der Waals surface area contributed by atoms with Gasteiger partial charge in [0.15, 0.2) is 0 Å². The van der Waals surface area contributed by atoms with E-state index in [4.69, 9.17) is 0 Å². The molecule has 0 amide bonds. The Morgan fingerprint density at radius 2 is 1.92 bits per heavy atom. The summed E-state index contributed by atoms with van der Waals surface area (Å²) in [5.74, 6) is 3.15. The molecule has 0 aromatic carbocycles. The fourth-order valence-corrected chi connectivity index (χ4v) is 2.39. The molecule has 1 aliphatic rings. The molecule has 0 spiro atoms. The van der Waals surface area contributed by atoms with Crippen LogP contribution >= 0.6 is 0 Å². The van der Waals surface area contributed by atoms with Crippen LogP contribution in [0.3, 0.4) is 0 Å². The number of rotatable bonds is 6. The molecule has 0 aliphatic heterocycles. The van der Waals surface area contributed by atoms with E-state index in [-0.39, 0.29) is 0 Å². The first kappa shape index (κ1) is 10.1. The fraction of sp³-hybridized carbons (Fsp3) is 1.00. The lowest BCUT2D eigenvalue weighted by Crippen LogP contribution is -2.07. The highest BCUT2D eigenvalue weighted by molar-refractivity contribution is 4.81. The van der Waals surface area contributed by atoms with Crippen LogP contribution in [0.4, 0.5) is 0 Å². The molecule has 1 saturated carbocycles. The van der Waals surface area contributed by atoms with E-state index in [1.165, 1.54) is 38.5 Å². The first-order chi connectivity index (χ1) is 5.77. The van der Waals surface area contributed by atoms with Crippen molar-refractivity contribution in [2.45, 2.75) is 59.3 Å². The summed E-state index contributed by atoms with van der Waals surface area (Å²) < 4.78 is 0. The summed E-state index contributed by atoms with van der Waals surface area (Å²) in [6, 6.07) is 0. The number of hydrogen-bond acceptors (Lipinski definition) is 0. The van der Waals surface area contributed by atoms with E-state index in [9.17, 15) is 0 Å². The zero-order valence-corrected chi connectivity index (χ0v) is 8.97. The van der Waals surface area contributed by atoms with E-state index >= 15 is 0 Å². The van der Waals surface area contributed by atoms with Crippen molar-refractivity contribution in [1.82, 2.24) is 0 Å². The predicted molar refractivity (Wildman–Crippen MR) is 55.2 cm³/mol. The molecule has 1 aliphatic carbocycles. The van der Waals surface area contributed by atoms with E-state index < -0.39 is 0 Å². The minimum Gasteiger partial charge on any atom is -0.0654 e. The highest BCUT2D eigenvalue weighted by Gasteiger charge is 2.30. The van der Waals surface area contributed by atoms with Crippen LogP contribution in [0.2, 0.25) is 0 Å². The van der Waals surface area contributed by atoms with Gasteiger partial charge < -0.3 is 0 Å². The minimum absolute atomic E-state index is 0.973. The molecule has 0 nitrogen and oxygen atoms in total. The Kier molecular flexibility index (Phi) is 4.11. The molecule has 0 saturated heterocycles. The van der Waals surface area contributed by atoms with Gasteiger partial charge in [-0.2, -0.15) is 0 Å². The summed E-state index contributed by atoms with van der Waals surface area (Å²) in [6.07, 6.45) is 8.76. The molecule has 12 heavy (non-hydrogen) atoms. The lowest BCUT2D eigenvalue weighted by molar-refractivity contribution is 0.330. The molecule has 0 aromatic rings. The maximum Gasteiger partial charge on any atom is -0.0386 e. The molecule has 0 heteroatoms. The van der Waals surface area contributed by atoms with Gasteiger partial charge in [-0.05, 0) is 37.0 Å². The first-order valence-corrected chi connectivity index (χ1v) is 5.77. The van der Waals surface area contributed by atoms with E-state index in [2.05, 4.69) is 20.8 Å². The van der Waals surface area contributed by atoms with Crippen molar-refractivity contribution in [1.29, 1.82) is 0 Å². The van der Waals surface area contributed by atoms with Gasteiger partial charge in [-0.15, -0.1) is 0 Å². The van der Waals surface area contributed by atoms with Crippen molar-refractivity contribution in [3.63, 3.8) is 0 Å². The van der Waals surface area contributed by atoms with Gasteiger partial charge in [0.05, 0.1) is 0 Å². The average Bonchev–Trinajstić information content (AvgIpc) is 2.83. The molecule has 2 unspecified atom stereocenters. The predicted octanol–water partition coefficient (Wildman–Crippen LogP) is 4.25. The summed E-state index contributed by atoms with van der Waals surface area (Å²) in [5, 5.41) is 0. The van der Waals surface area contributed by atoms with Crippen molar-refractivity contribution in [3.8, 4) is 0 Å². The van der Waals surface area contributed by atoms with Gasteiger partial charge in [-0.25, -0.2) is 0 Å². The standard InChI is InChI=1S/C12H24/c1-4-6-10(3)9-11(5-2)12-7-8-12/h10-12H,4-9H2,1-3H3. The minimum atomic E-state index is 0.973. The maximum absolute atomic E-state index is 2.43. The highest BCUT2D eigenvalue weighted by atomic mass is 14.4. The van der Waals surface area contributed by atoms with Crippen LogP contribution in [0.1, 0.15) is 59.3 Å². The lowest BCUT2D eigenvalue weighted by Gasteiger charge is -2.18. The second-order valence-electron chi connectivity index (χ2n) is 4.64. The zero-order chi connectivity index (χ0) is 8.97. The Balaban J connectivity index is 2.16. The molecular weight excluding hydrogens is 144 g/mol. The molecule has 0 heterocycles. The summed E-state index contributed by atoms with van der Waals surface area (Å²) in [5.41, 5.74) is 0. The van der Waals surface area contributed by atoms with Gasteiger partial charge in [0.2, 0.25) is 0 Å². The third-order valence-electron chi connectivity index (χ3n) is 3.30. The van der Waals surface area contributed by atoms with E-state index in [0.717, 1.165) is 17.8 Å². The molecule has 0 radical (unpaired) electrons. The summed E-state index contributed by atoms with van der Waals surface area (Å²) in [7, 11) is 0. The maximum atomic E-state index is 2.43. The van der Waals surface area contributed by atoms with Crippen LogP contribution in [0, 0.1) is 17.8 Å². The second kappa shape index (κ2) is 4.89. The van der Waals surface area contributed by atoms with Gasteiger partial charge in [0.1, 0.15) is 0 Å². The quantitative estimate of drug-likeness (QED) is 0.556. The second-order valence-corrected chi connectivity index (χ2v) is 4.64. The molecule has 2 atom stereocenters. The molecule has 0 aromatic heterocycles. The third-order valence-corrected chi connectivity index (χ3v) is 3.30. The van der Waals surface area contributed by atoms with Crippen LogP contribution in [0.5, 0.6) is 0 Å². The Morgan fingerprint density at radius 1 is 1.25 bits per heavy atom. The van der Waals surface area contributed by atoms with Crippen molar-refractivity contribution >= 4 is 0 Å². The van der Waals surface area contributed by atoms with Crippen LogP contribution in [0.25, 0.3) is 0 Å². The van der Waals surface area contributed by atoms with E-state index in [1.54, 1.807) is 0 Å². The fourth-order valence-electron chi connectivity index (χ4n) is 2.39. The van der Waals surface area contributed by atoms with Gasteiger partial charge in [0.25, 0.3) is 0 Å². The topological polar surface area (TPSA) is 0 Å². The van der Waals surface area contributed by atoms with Crippen LogP contribution in [-0.2, 0) is 0 Å². The number of hydrogen-bond donors (Lipinski definition) is 0. The van der Waals surface area contributed by atoms with Crippen LogP contribution in [-0.4, -0.2) is 0 Å². The van der Waals surface area contributed by atoms with E-state index in [0.29, 0.717) is 0 Å². The van der Waals surface area contributed by atoms with Crippen LogP contribution in [0.15, 0.2) is 0 Å². The summed E-state index contributed by atoms with van der Waals surface area (Å²) >= 11 is 0.